The Morgan fingerprint density at radius 3 is 2.55 bits per heavy atom. The second-order valence-corrected chi connectivity index (χ2v) is 7.48. The molecule has 1 amide bonds. The number of carbonyl (C=O) groups excluding carboxylic acids is 1. The summed E-state index contributed by atoms with van der Waals surface area (Å²) in [5, 5.41) is 9.96. The highest BCUT2D eigenvalue weighted by Gasteiger charge is 2.25. The van der Waals surface area contributed by atoms with Gasteiger partial charge < -0.3 is 10.6 Å². The number of aromatic nitrogens is 3. The molecular formula is C22H22N6O. The molecule has 2 N–H and O–H groups in total. The first-order valence-electron chi connectivity index (χ1n) is 9.65. The van der Waals surface area contributed by atoms with Gasteiger partial charge in [-0.15, -0.1) is 0 Å². The van der Waals surface area contributed by atoms with Gasteiger partial charge in [0.15, 0.2) is 0 Å². The number of hydrogen-bond donors (Lipinski definition) is 1. The lowest BCUT2D eigenvalue weighted by Gasteiger charge is -2.29. The molecule has 0 radical (unpaired) electrons. The zero-order valence-corrected chi connectivity index (χ0v) is 16.5. The fourth-order valence-corrected chi connectivity index (χ4v) is 3.71. The van der Waals surface area contributed by atoms with Gasteiger partial charge in [-0.1, -0.05) is 12.1 Å². The maximum atomic E-state index is 13.4. The zero-order chi connectivity index (χ0) is 20.5. The van der Waals surface area contributed by atoms with Crippen LogP contribution in [0.4, 0.5) is 5.95 Å². The van der Waals surface area contributed by atoms with E-state index < -0.39 is 0 Å². The molecule has 0 unspecified atom stereocenters. The second-order valence-electron chi connectivity index (χ2n) is 7.48. The summed E-state index contributed by atoms with van der Waals surface area (Å²) in [6, 6.07) is 8.10. The van der Waals surface area contributed by atoms with Crippen molar-refractivity contribution in [2.75, 3.05) is 18.8 Å². The number of nitriles is 1. The van der Waals surface area contributed by atoms with Gasteiger partial charge in [0.1, 0.15) is 0 Å². The van der Waals surface area contributed by atoms with E-state index >= 15 is 0 Å². The summed E-state index contributed by atoms with van der Waals surface area (Å²) < 4.78 is 0. The van der Waals surface area contributed by atoms with Crippen LogP contribution in [-0.2, 0) is 0 Å². The number of fused-ring (bicyclic) bond motifs is 1. The lowest BCUT2D eigenvalue weighted by atomic mass is 9.96. The number of piperidine rings is 1. The molecule has 3 aromatic rings. The van der Waals surface area contributed by atoms with E-state index in [9.17, 15) is 4.79 Å². The molecule has 7 nitrogen and oxygen atoms in total. The first-order chi connectivity index (χ1) is 14.0. The minimum atomic E-state index is -0.0327. The Hall–Kier alpha value is -3.53. The van der Waals surface area contributed by atoms with Crippen LogP contribution in [0.15, 0.2) is 30.6 Å². The summed E-state index contributed by atoms with van der Waals surface area (Å²) in [4.78, 5) is 28.2. The third-order valence-electron chi connectivity index (χ3n) is 5.67. The van der Waals surface area contributed by atoms with Crippen LogP contribution in [0.5, 0.6) is 0 Å². The molecule has 3 heterocycles. The smallest absolute Gasteiger partial charge is 0.254 e. The van der Waals surface area contributed by atoms with Crippen molar-refractivity contribution >= 4 is 22.8 Å². The Morgan fingerprint density at radius 2 is 1.90 bits per heavy atom. The Kier molecular flexibility index (Phi) is 4.85. The number of nitrogens with zero attached hydrogens (tertiary/aromatic N) is 5. The average molecular weight is 386 g/mol. The van der Waals surface area contributed by atoms with Gasteiger partial charge in [0.05, 0.1) is 22.8 Å². The van der Waals surface area contributed by atoms with Crippen LogP contribution in [0.1, 0.15) is 34.3 Å². The molecule has 2 aromatic heterocycles. The number of carbonyl (C=O) groups is 1. The third-order valence-corrected chi connectivity index (χ3v) is 5.67. The van der Waals surface area contributed by atoms with Crippen LogP contribution < -0.4 is 5.73 Å². The van der Waals surface area contributed by atoms with Gasteiger partial charge in [-0.3, -0.25) is 4.79 Å². The predicted molar refractivity (Wildman–Crippen MR) is 111 cm³/mol. The lowest BCUT2D eigenvalue weighted by molar-refractivity contribution is 0.0709. The number of amides is 1. The van der Waals surface area contributed by atoms with Crippen molar-refractivity contribution in [1.82, 2.24) is 19.9 Å². The van der Waals surface area contributed by atoms with Gasteiger partial charge >= 0.3 is 0 Å². The van der Waals surface area contributed by atoms with Gasteiger partial charge in [-0.25, -0.2) is 15.0 Å². The van der Waals surface area contributed by atoms with E-state index in [1.165, 1.54) is 0 Å². The highest BCUT2D eigenvalue weighted by molar-refractivity contribution is 6.08. The second kappa shape index (κ2) is 7.47. The molecule has 0 atom stereocenters. The van der Waals surface area contributed by atoms with Gasteiger partial charge in [0.2, 0.25) is 5.95 Å². The molecule has 1 aliphatic rings. The van der Waals surface area contributed by atoms with Gasteiger partial charge in [0.25, 0.3) is 5.91 Å². The molecule has 1 aromatic carbocycles. The molecule has 146 valence electrons. The molecule has 0 bridgehead atoms. The minimum Gasteiger partial charge on any atom is -0.368 e. The predicted octanol–water partition coefficient (Wildman–Crippen LogP) is 3.27. The topological polar surface area (TPSA) is 109 Å². The van der Waals surface area contributed by atoms with E-state index in [2.05, 4.69) is 16.0 Å². The van der Waals surface area contributed by atoms with Gasteiger partial charge in [0, 0.05) is 42.4 Å². The molecule has 0 spiro atoms. The number of benzene rings is 1. The summed E-state index contributed by atoms with van der Waals surface area (Å²) in [6.07, 6.45) is 4.66. The maximum absolute atomic E-state index is 13.4. The van der Waals surface area contributed by atoms with Crippen LogP contribution in [0.2, 0.25) is 0 Å². The number of anilines is 1. The average Bonchev–Trinajstić information content (AvgIpc) is 2.76. The molecule has 4 rings (SSSR count). The molecule has 1 saturated heterocycles. The van der Waals surface area contributed by atoms with Crippen molar-refractivity contribution in [3.8, 4) is 17.3 Å². The van der Waals surface area contributed by atoms with Crippen LogP contribution in [-0.4, -0.2) is 38.8 Å². The highest BCUT2D eigenvalue weighted by Crippen LogP contribution is 2.29. The van der Waals surface area contributed by atoms with E-state index in [0.717, 1.165) is 22.0 Å². The van der Waals surface area contributed by atoms with Crippen molar-refractivity contribution in [3.63, 3.8) is 0 Å². The number of likely N-dealkylation sites (tertiary alicyclic amines) is 1. The number of nitrogen functional groups attached to an aromatic ring is 1. The van der Waals surface area contributed by atoms with Crippen molar-refractivity contribution in [1.29, 1.82) is 5.26 Å². The summed E-state index contributed by atoms with van der Waals surface area (Å²) >= 11 is 0. The van der Waals surface area contributed by atoms with Crippen LogP contribution >= 0.6 is 0 Å². The van der Waals surface area contributed by atoms with Crippen molar-refractivity contribution < 1.29 is 4.79 Å². The summed E-state index contributed by atoms with van der Waals surface area (Å²) in [6.45, 7) is 5.22. The first-order valence-corrected chi connectivity index (χ1v) is 9.65. The Morgan fingerprint density at radius 1 is 1.21 bits per heavy atom. The molecule has 29 heavy (non-hydrogen) atoms. The zero-order valence-electron chi connectivity index (χ0n) is 16.5. The molecule has 0 saturated carbocycles. The van der Waals surface area contributed by atoms with E-state index in [0.29, 0.717) is 42.8 Å². The molecule has 1 aliphatic heterocycles. The Balaban J connectivity index is 1.83. The number of pyridine rings is 1. The Bertz CT molecular complexity index is 1120. The van der Waals surface area contributed by atoms with E-state index in [4.69, 9.17) is 16.0 Å². The van der Waals surface area contributed by atoms with Gasteiger partial charge in [-0.2, -0.15) is 5.26 Å². The molecule has 1 fully saturated rings. The number of nitrogens with two attached hydrogens (primary N) is 1. The van der Waals surface area contributed by atoms with E-state index in [-0.39, 0.29) is 17.8 Å². The summed E-state index contributed by atoms with van der Waals surface area (Å²) in [7, 11) is 0. The highest BCUT2D eigenvalue weighted by atomic mass is 16.2. The standard InChI is InChI=1S/C22H22N6O/c1-13-3-4-17-18(21(29)28-7-5-15(10-23)6-8-28)9-19(27-20(17)14(13)2)16-11-25-22(24)26-12-16/h3-4,9,11-12,15H,5-8H2,1-2H3,(H2,24,25,26). The monoisotopic (exact) mass is 386 g/mol. The van der Waals surface area contributed by atoms with Crippen LogP contribution in [0.3, 0.4) is 0 Å². The lowest BCUT2D eigenvalue weighted by Crippen LogP contribution is -2.38. The fraction of sp³-hybridized carbons (Fsp3) is 0.318. The summed E-state index contributed by atoms with van der Waals surface area (Å²) in [5.74, 6) is 0.188. The number of aryl methyl sites for hydroxylation is 2. The molecule has 7 heteroatoms. The fourth-order valence-electron chi connectivity index (χ4n) is 3.71. The normalized spacial score (nSPS) is 14.7. The first kappa shape index (κ1) is 18.8. The minimum absolute atomic E-state index is 0.0283. The summed E-state index contributed by atoms with van der Waals surface area (Å²) in [5.41, 5.74) is 10.5. The van der Waals surface area contributed by atoms with Crippen molar-refractivity contribution in [3.05, 3.63) is 47.3 Å². The number of hydrogen-bond acceptors (Lipinski definition) is 6. The Labute approximate surface area is 169 Å². The molecular weight excluding hydrogens is 364 g/mol. The van der Waals surface area contributed by atoms with E-state index in [1.807, 2.05) is 36.9 Å². The van der Waals surface area contributed by atoms with Crippen LogP contribution in [0, 0.1) is 31.1 Å². The quantitative estimate of drug-likeness (QED) is 0.724. The SMILES string of the molecule is Cc1ccc2c(C(=O)N3CCC(C#N)CC3)cc(-c3cnc(N)nc3)nc2c1C. The largest absolute Gasteiger partial charge is 0.368 e. The third kappa shape index (κ3) is 3.49. The van der Waals surface area contributed by atoms with Gasteiger partial charge in [-0.05, 0) is 43.9 Å². The van der Waals surface area contributed by atoms with Crippen molar-refractivity contribution in [2.24, 2.45) is 5.92 Å². The molecule has 0 aliphatic carbocycles. The van der Waals surface area contributed by atoms with Crippen molar-refractivity contribution in [2.45, 2.75) is 26.7 Å². The van der Waals surface area contributed by atoms with E-state index in [1.54, 1.807) is 12.4 Å². The number of rotatable bonds is 2. The van der Waals surface area contributed by atoms with Crippen LogP contribution in [0.25, 0.3) is 22.2 Å². The maximum Gasteiger partial charge on any atom is 0.254 e.